The second kappa shape index (κ2) is 8.63. The number of ether oxygens (including phenoxy) is 4. The van der Waals surface area contributed by atoms with E-state index < -0.39 is 11.9 Å². The standard InChI is InChI=1S/C21H17ClO6/c1-25-19-9-13(4-8-20(23)26-2)3-6-18(19)28-21(24)15-10-14-11-16(22)5-7-17(14)27-12-15/h3-11H,12H2,1-2H3/b8-4+. The molecule has 0 spiro atoms. The van der Waals surface area contributed by atoms with Gasteiger partial charge in [0.25, 0.3) is 0 Å². The number of hydrogen-bond donors (Lipinski definition) is 0. The number of benzene rings is 2. The number of methoxy groups -OCH3 is 2. The molecular weight excluding hydrogens is 384 g/mol. The van der Waals surface area contributed by atoms with Crippen LogP contribution in [0.15, 0.2) is 48.0 Å². The summed E-state index contributed by atoms with van der Waals surface area (Å²) in [6.07, 6.45) is 4.54. The SMILES string of the molecule is COC(=O)/C=C/c1ccc(OC(=O)C2=Cc3cc(Cl)ccc3OC2)c(OC)c1. The Hall–Kier alpha value is -3.25. The minimum atomic E-state index is -0.554. The maximum atomic E-state index is 12.5. The van der Waals surface area contributed by atoms with Gasteiger partial charge in [0.15, 0.2) is 11.5 Å². The van der Waals surface area contributed by atoms with E-state index in [9.17, 15) is 9.59 Å². The van der Waals surface area contributed by atoms with Crippen molar-refractivity contribution in [2.24, 2.45) is 0 Å². The van der Waals surface area contributed by atoms with Crippen molar-refractivity contribution < 1.29 is 28.5 Å². The van der Waals surface area contributed by atoms with Crippen LogP contribution in [0.4, 0.5) is 0 Å². The summed E-state index contributed by atoms with van der Waals surface area (Å²) in [6.45, 7) is 0.0930. The quantitative estimate of drug-likeness (QED) is 0.430. The van der Waals surface area contributed by atoms with Gasteiger partial charge in [-0.15, -0.1) is 0 Å². The van der Waals surface area contributed by atoms with Crippen molar-refractivity contribution in [2.45, 2.75) is 0 Å². The molecule has 0 saturated carbocycles. The average Bonchev–Trinajstić information content (AvgIpc) is 2.71. The smallest absolute Gasteiger partial charge is 0.343 e. The van der Waals surface area contributed by atoms with Crippen LogP contribution in [-0.4, -0.2) is 32.8 Å². The highest BCUT2D eigenvalue weighted by Gasteiger charge is 2.20. The Morgan fingerprint density at radius 1 is 1.11 bits per heavy atom. The van der Waals surface area contributed by atoms with Crippen LogP contribution in [0.3, 0.4) is 0 Å². The lowest BCUT2D eigenvalue weighted by Crippen LogP contribution is -2.19. The van der Waals surface area contributed by atoms with Gasteiger partial charge in [0.1, 0.15) is 12.4 Å². The van der Waals surface area contributed by atoms with E-state index in [4.69, 9.17) is 25.8 Å². The zero-order valence-electron chi connectivity index (χ0n) is 15.2. The van der Waals surface area contributed by atoms with Crippen molar-refractivity contribution >= 4 is 35.7 Å². The van der Waals surface area contributed by atoms with Crippen LogP contribution in [0.1, 0.15) is 11.1 Å². The second-order valence-corrected chi connectivity index (χ2v) is 6.23. The fraction of sp³-hybridized carbons (Fsp3) is 0.143. The predicted octanol–water partition coefficient (Wildman–Crippen LogP) is 3.92. The van der Waals surface area contributed by atoms with Gasteiger partial charge in [-0.1, -0.05) is 17.7 Å². The van der Waals surface area contributed by atoms with Gasteiger partial charge in [0, 0.05) is 16.7 Å². The molecule has 0 unspecified atom stereocenters. The first-order valence-corrected chi connectivity index (χ1v) is 8.67. The first-order chi connectivity index (χ1) is 13.5. The van der Waals surface area contributed by atoms with Crippen LogP contribution in [0.25, 0.3) is 12.2 Å². The highest BCUT2D eigenvalue weighted by atomic mass is 35.5. The zero-order valence-corrected chi connectivity index (χ0v) is 16.0. The molecule has 144 valence electrons. The van der Waals surface area contributed by atoms with Gasteiger partial charge in [-0.25, -0.2) is 9.59 Å². The first-order valence-electron chi connectivity index (χ1n) is 8.29. The van der Waals surface area contributed by atoms with Gasteiger partial charge in [-0.2, -0.15) is 0 Å². The number of rotatable bonds is 5. The molecule has 0 amide bonds. The molecule has 0 N–H and O–H groups in total. The summed E-state index contributed by atoms with van der Waals surface area (Å²) in [6, 6.07) is 10.1. The maximum absolute atomic E-state index is 12.5. The molecule has 0 saturated heterocycles. The van der Waals surface area contributed by atoms with Crippen molar-refractivity contribution in [2.75, 3.05) is 20.8 Å². The molecule has 0 bridgehead atoms. The summed E-state index contributed by atoms with van der Waals surface area (Å²) in [5, 5.41) is 0.547. The molecular formula is C21H17ClO6. The summed E-state index contributed by atoms with van der Waals surface area (Å²) in [5.41, 5.74) is 1.75. The van der Waals surface area contributed by atoms with Gasteiger partial charge >= 0.3 is 11.9 Å². The van der Waals surface area contributed by atoms with E-state index >= 15 is 0 Å². The predicted molar refractivity (Wildman–Crippen MR) is 105 cm³/mol. The second-order valence-electron chi connectivity index (χ2n) is 5.80. The first kappa shape index (κ1) is 19.5. The molecule has 2 aromatic carbocycles. The van der Waals surface area contributed by atoms with E-state index in [1.165, 1.54) is 20.3 Å². The number of halogens is 1. The average molecular weight is 401 g/mol. The van der Waals surface area contributed by atoms with Gasteiger partial charge in [-0.3, -0.25) is 0 Å². The lowest BCUT2D eigenvalue weighted by molar-refractivity contribution is -0.134. The number of esters is 2. The van der Waals surface area contributed by atoms with Crippen LogP contribution in [0.5, 0.6) is 17.2 Å². The number of carbonyl (C=O) groups excluding carboxylic acids is 2. The lowest BCUT2D eigenvalue weighted by atomic mass is 10.1. The Kier molecular flexibility index (Phi) is 6.01. The van der Waals surface area contributed by atoms with E-state index in [0.717, 1.165) is 0 Å². The minimum absolute atomic E-state index is 0.0930. The zero-order chi connectivity index (χ0) is 20.1. The molecule has 0 atom stereocenters. The molecule has 1 heterocycles. The molecule has 1 aliphatic heterocycles. The van der Waals surface area contributed by atoms with E-state index in [2.05, 4.69) is 4.74 Å². The summed E-state index contributed by atoms with van der Waals surface area (Å²) < 4.78 is 20.9. The van der Waals surface area contributed by atoms with Crippen LogP contribution < -0.4 is 14.2 Å². The van der Waals surface area contributed by atoms with Gasteiger partial charge in [0.05, 0.1) is 19.8 Å². The molecule has 3 rings (SSSR count). The van der Waals surface area contributed by atoms with Crippen LogP contribution in [0, 0.1) is 0 Å². The molecule has 6 nitrogen and oxygen atoms in total. The third-order valence-corrected chi connectivity index (χ3v) is 4.19. The number of carbonyl (C=O) groups is 2. The minimum Gasteiger partial charge on any atom is -0.493 e. The molecule has 0 aliphatic carbocycles. The van der Waals surface area contributed by atoms with Crippen molar-refractivity contribution in [3.8, 4) is 17.2 Å². The molecule has 0 radical (unpaired) electrons. The van der Waals surface area contributed by atoms with Crippen LogP contribution >= 0.6 is 11.6 Å². The Morgan fingerprint density at radius 2 is 1.93 bits per heavy atom. The Balaban J connectivity index is 1.78. The fourth-order valence-corrected chi connectivity index (χ4v) is 2.72. The topological polar surface area (TPSA) is 71.1 Å². The largest absolute Gasteiger partial charge is 0.493 e. The Bertz CT molecular complexity index is 977. The summed E-state index contributed by atoms with van der Waals surface area (Å²) in [7, 11) is 2.76. The summed E-state index contributed by atoms with van der Waals surface area (Å²) in [4.78, 5) is 23.7. The third kappa shape index (κ3) is 4.53. The van der Waals surface area contributed by atoms with Crippen molar-refractivity contribution in [3.63, 3.8) is 0 Å². The third-order valence-electron chi connectivity index (χ3n) is 3.95. The maximum Gasteiger partial charge on any atom is 0.343 e. The lowest BCUT2D eigenvalue weighted by Gasteiger charge is -2.18. The van der Waals surface area contributed by atoms with E-state index in [0.29, 0.717) is 33.2 Å². The normalized spacial score (nSPS) is 12.6. The Labute approximate surface area is 166 Å². The van der Waals surface area contributed by atoms with Gasteiger partial charge in [-0.05, 0) is 48.0 Å². The van der Waals surface area contributed by atoms with E-state index in [-0.39, 0.29) is 12.4 Å². The van der Waals surface area contributed by atoms with E-state index in [1.807, 2.05) is 0 Å². The summed E-state index contributed by atoms with van der Waals surface area (Å²) in [5.74, 6) is 0.225. The van der Waals surface area contributed by atoms with Crippen LogP contribution in [-0.2, 0) is 14.3 Å². The van der Waals surface area contributed by atoms with Gasteiger partial charge < -0.3 is 18.9 Å². The highest BCUT2D eigenvalue weighted by Crippen LogP contribution is 2.32. The molecule has 28 heavy (non-hydrogen) atoms. The Morgan fingerprint density at radius 3 is 2.68 bits per heavy atom. The van der Waals surface area contributed by atoms with Crippen molar-refractivity contribution in [1.29, 1.82) is 0 Å². The number of hydrogen-bond acceptors (Lipinski definition) is 6. The van der Waals surface area contributed by atoms with Crippen LogP contribution in [0.2, 0.25) is 5.02 Å². The van der Waals surface area contributed by atoms with Gasteiger partial charge in [0.2, 0.25) is 0 Å². The number of fused-ring (bicyclic) bond motifs is 1. The van der Waals surface area contributed by atoms with Crippen molar-refractivity contribution in [3.05, 3.63) is 64.2 Å². The van der Waals surface area contributed by atoms with E-state index in [1.54, 1.807) is 48.6 Å². The molecule has 2 aromatic rings. The molecule has 0 aromatic heterocycles. The fourth-order valence-electron chi connectivity index (χ4n) is 2.54. The van der Waals surface area contributed by atoms with Crippen molar-refractivity contribution in [1.82, 2.24) is 0 Å². The summed E-state index contributed by atoms with van der Waals surface area (Å²) >= 11 is 5.99. The highest BCUT2D eigenvalue weighted by molar-refractivity contribution is 6.30. The molecule has 1 aliphatic rings. The monoisotopic (exact) mass is 400 g/mol. The molecule has 7 heteroatoms. The molecule has 0 fully saturated rings.